The summed E-state index contributed by atoms with van der Waals surface area (Å²) in [5.74, 6) is -0.785. The molecular formula is C16H21NO2. The maximum atomic E-state index is 10.9. The van der Waals surface area contributed by atoms with Gasteiger partial charge in [0.2, 0.25) is 0 Å². The highest BCUT2D eigenvalue weighted by atomic mass is 16.4. The summed E-state index contributed by atoms with van der Waals surface area (Å²) in [6, 6.07) is 8.45. The van der Waals surface area contributed by atoms with Gasteiger partial charge in [-0.1, -0.05) is 42.0 Å². The predicted octanol–water partition coefficient (Wildman–Crippen LogP) is 2.80. The van der Waals surface area contributed by atoms with Gasteiger partial charge >= 0.3 is 5.97 Å². The topological polar surface area (TPSA) is 40.5 Å². The fraction of sp³-hybridized carbons (Fsp3) is 0.438. The molecule has 1 fully saturated rings. The molecule has 0 saturated carbocycles. The van der Waals surface area contributed by atoms with Crippen LogP contribution < -0.4 is 0 Å². The van der Waals surface area contributed by atoms with Crippen molar-refractivity contribution in [3.63, 3.8) is 0 Å². The monoisotopic (exact) mass is 259 g/mol. The van der Waals surface area contributed by atoms with E-state index in [1.54, 1.807) is 0 Å². The van der Waals surface area contributed by atoms with E-state index in [0.29, 0.717) is 0 Å². The molecule has 0 aromatic heterocycles. The molecule has 102 valence electrons. The summed E-state index contributed by atoms with van der Waals surface area (Å²) in [4.78, 5) is 13.2. The normalized spacial score (nSPS) is 17.9. The van der Waals surface area contributed by atoms with Gasteiger partial charge in [0.1, 0.15) is 0 Å². The first-order valence-corrected chi connectivity index (χ1v) is 6.83. The Hall–Kier alpha value is -1.61. The summed E-state index contributed by atoms with van der Waals surface area (Å²) in [6.07, 6.45) is 5.83. The number of piperidine rings is 1. The minimum absolute atomic E-state index is 0.141. The molecule has 1 aromatic rings. The Kier molecular flexibility index (Phi) is 4.74. The molecule has 3 heteroatoms. The Balaban J connectivity index is 1.77. The highest BCUT2D eigenvalue weighted by Gasteiger charge is 2.23. The molecule has 0 amide bonds. The van der Waals surface area contributed by atoms with E-state index in [9.17, 15) is 4.79 Å². The van der Waals surface area contributed by atoms with Gasteiger partial charge in [-0.2, -0.15) is 0 Å². The Morgan fingerprint density at radius 1 is 1.32 bits per heavy atom. The lowest BCUT2D eigenvalue weighted by Gasteiger charge is -2.28. The van der Waals surface area contributed by atoms with Crippen molar-refractivity contribution < 1.29 is 9.90 Å². The summed E-state index contributed by atoms with van der Waals surface area (Å²) < 4.78 is 0. The van der Waals surface area contributed by atoms with Gasteiger partial charge < -0.3 is 5.11 Å². The number of aliphatic carboxylic acids is 1. The summed E-state index contributed by atoms with van der Waals surface area (Å²) >= 11 is 0. The number of hydrogen-bond donors (Lipinski definition) is 1. The van der Waals surface area contributed by atoms with Crippen LogP contribution in [-0.4, -0.2) is 35.6 Å². The molecule has 0 atom stereocenters. The molecule has 0 bridgehead atoms. The Bertz CT molecular complexity index is 442. The van der Waals surface area contributed by atoms with Gasteiger partial charge in [0.05, 0.1) is 5.92 Å². The minimum atomic E-state index is -0.644. The van der Waals surface area contributed by atoms with Crippen molar-refractivity contribution in [1.29, 1.82) is 0 Å². The van der Waals surface area contributed by atoms with E-state index in [1.807, 2.05) is 0 Å². The molecule has 2 rings (SSSR count). The van der Waals surface area contributed by atoms with Crippen LogP contribution in [0.3, 0.4) is 0 Å². The van der Waals surface area contributed by atoms with Gasteiger partial charge in [0.15, 0.2) is 0 Å². The molecule has 3 nitrogen and oxygen atoms in total. The summed E-state index contributed by atoms with van der Waals surface area (Å²) in [5.41, 5.74) is 2.49. The number of benzene rings is 1. The number of nitrogens with zero attached hydrogens (tertiary/aromatic N) is 1. The number of carboxylic acid groups (broad SMARTS) is 1. The SMILES string of the molecule is Cc1ccc(/C=C/CN2CCC(C(=O)O)CC2)cc1. The zero-order valence-electron chi connectivity index (χ0n) is 11.4. The number of hydrogen-bond acceptors (Lipinski definition) is 2. The molecule has 0 radical (unpaired) electrons. The maximum absolute atomic E-state index is 10.9. The van der Waals surface area contributed by atoms with Crippen molar-refractivity contribution >= 4 is 12.0 Å². The van der Waals surface area contributed by atoms with Crippen LogP contribution in [0, 0.1) is 12.8 Å². The van der Waals surface area contributed by atoms with Gasteiger partial charge in [-0.3, -0.25) is 9.69 Å². The zero-order valence-corrected chi connectivity index (χ0v) is 11.4. The zero-order chi connectivity index (χ0) is 13.7. The van der Waals surface area contributed by atoms with Crippen molar-refractivity contribution in [1.82, 2.24) is 4.90 Å². The average molecular weight is 259 g/mol. The quantitative estimate of drug-likeness (QED) is 0.904. The molecular weight excluding hydrogens is 238 g/mol. The van der Waals surface area contributed by atoms with E-state index in [2.05, 4.69) is 48.2 Å². The second-order valence-corrected chi connectivity index (χ2v) is 5.23. The van der Waals surface area contributed by atoms with Crippen LogP contribution in [0.4, 0.5) is 0 Å². The van der Waals surface area contributed by atoms with Crippen LogP contribution in [0.5, 0.6) is 0 Å². The van der Waals surface area contributed by atoms with E-state index in [-0.39, 0.29) is 5.92 Å². The van der Waals surface area contributed by atoms with Gasteiger partial charge in [-0.25, -0.2) is 0 Å². The van der Waals surface area contributed by atoms with Crippen molar-refractivity contribution in [2.45, 2.75) is 19.8 Å². The van der Waals surface area contributed by atoms with Crippen molar-refractivity contribution in [3.8, 4) is 0 Å². The van der Waals surface area contributed by atoms with E-state index in [1.165, 1.54) is 11.1 Å². The molecule has 0 unspecified atom stereocenters. The maximum Gasteiger partial charge on any atom is 0.306 e. The summed E-state index contributed by atoms with van der Waals surface area (Å²) in [6.45, 7) is 4.75. The van der Waals surface area contributed by atoms with Crippen LogP contribution in [0.15, 0.2) is 30.3 Å². The molecule has 0 aliphatic carbocycles. The molecule has 19 heavy (non-hydrogen) atoms. The number of carboxylic acids is 1. The first-order chi connectivity index (χ1) is 9.15. The van der Waals surface area contributed by atoms with Crippen LogP contribution in [-0.2, 0) is 4.79 Å². The van der Waals surface area contributed by atoms with Gasteiger partial charge in [0.25, 0.3) is 0 Å². The Labute approximate surface area is 114 Å². The third kappa shape index (κ3) is 4.21. The van der Waals surface area contributed by atoms with Crippen LogP contribution >= 0.6 is 0 Å². The number of likely N-dealkylation sites (tertiary alicyclic amines) is 1. The number of carbonyl (C=O) groups is 1. The highest BCUT2D eigenvalue weighted by Crippen LogP contribution is 2.17. The van der Waals surface area contributed by atoms with Crippen LogP contribution in [0.1, 0.15) is 24.0 Å². The van der Waals surface area contributed by atoms with Gasteiger partial charge in [0, 0.05) is 6.54 Å². The van der Waals surface area contributed by atoms with Crippen molar-refractivity contribution in [2.75, 3.05) is 19.6 Å². The molecule has 1 aromatic carbocycles. The van der Waals surface area contributed by atoms with Gasteiger partial charge in [-0.15, -0.1) is 0 Å². The van der Waals surface area contributed by atoms with E-state index in [0.717, 1.165) is 32.5 Å². The lowest BCUT2D eigenvalue weighted by molar-refractivity contribution is -0.143. The fourth-order valence-electron chi connectivity index (χ4n) is 2.38. The number of rotatable bonds is 4. The molecule has 0 spiro atoms. The highest BCUT2D eigenvalue weighted by molar-refractivity contribution is 5.70. The number of aryl methyl sites for hydroxylation is 1. The van der Waals surface area contributed by atoms with Crippen molar-refractivity contribution in [3.05, 3.63) is 41.5 Å². The smallest absolute Gasteiger partial charge is 0.306 e. The standard InChI is InChI=1S/C16H21NO2/c1-13-4-6-14(7-5-13)3-2-10-17-11-8-15(9-12-17)16(18)19/h2-7,15H,8-12H2,1H3,(H,18,19)/b3-2+. The second-order valence-electron chi connectivity index (χ2n) is 5.23. The van der Waals surface area contributed by atoms with E-state index in [4.69, 9.17) is 5.11 Å². The Morgan fingerprint density at radius 2 is 1.95 bits per heavy atom. The minimum Gasteiger partial charge on any atom is -0.481 e. The second kappa shape index (κ2) is 6.53. The first kappa shape index (κ1) is 13.8. The third-order valence-electron chi connectivity index (χ3n) is 3.69. The van der Waals surface area contributed by atoms with E-state index < -0.39 is 5.97 Å². The fourth-order valence-corrected chi connectivity index (χ4v) is 2.38. The molecule has 1 aliphatic rings. The lowest BCUT2D eigenvalue weighted by Crippen LogP contribution is -2.36. The average Bonchev–Trinajstić information content (AvgIpc) is 2.41. The largest absolute Gasteiger partial charge is 0.481 e. The summed E-state index contributed by atoms with van der Waals surface area (Å²) in [5, 5.41) is 8.94. The third-order valence-corrected chi connectivity index (χ3v) is 3.69. The molecule has 1 N–H and O–H groups in total. The van der Waals surface area contributed by atoms with Gasteiger partial charge in [-0.05, 0) is 38.4 Å². The van der Waals surface area contributed by atoms with Crippen LogP contribution in [0.2, 0.25) is 0 Å². The predicted molar refractivity (Wildman–Crippen MR) is 77.0 cm³/mol. The van der Waals surface area contributed by atoms with Crippen molar-refractivity contribution in [2.24, 2.45) is 5.92 Å². The first-order valence-electron chi connectivity index (χ1n) is 6.83. The molecule has 1 heterocycles. The summed E-state index contributed by atoms with van der Waals surface area (Å²) in [7, 11) is 0. The lowest BCUT2D eigenvalue weighted by atomic mass is 9.97. The van der Waals surface area contributed by atoms with E-state index >= 15 is 0 Å². The Morgan fingerprint density at radius 3 is 2.53 bits per heavy atom. The molecule has 1 saturated heterocycles. The molecule has 1 aliphatic heterocycles. The van der Waals surface area contributed by atoms with Crippen LogP contribution in [0.25, 0.3) is 6.08 Å².